The Morgan fingerprint density at radius 3 is 2.00 bits per heavy atom. The second-order valence-corrected chi connectivity index (χ2v) is 10.5. The summed E-state index contributed by atoms with van der Waals surface area (Å²) >= 11 is 0. The molecule has 23 heavy (non-hydrogen) atoms. The summed E-state index contributed by atoms with van der Waals surface area (Å²) in [6.45, 7) is 14.5. The molecule has 0 aliphatic carbocycles. The van der Waals surface area contributed by atoms with Crippen molar-refractivity contribution in [3.63, 3.8) is 0 Å². The van der Waals surface area contributed by atoms with Gasteiger partial charge in [0.25, 0.3) is 0 Å². The summed E-state index contributed by atoms with van der Waals surface area (Å²) in [4.78, 5) is 0.346. The van der Waals surface area contributed by atoms with E-state index in [2.05, 4.69) is 46.9 Å². The van der Waals surface area contributed by atoms with Crippen LogP contribution in [0, 0.1) is 10.8 Å². The molecule has 1 N–H and O–H groups in total. The highest BCUT2D eigenvalue weighted by Crippen LogP contribution is 2.20. The second kappa shape index (κ2) is 7.67. The van der Waals surface area contributed by atoms with Crippen molar-refractivity contribution in [2.75, 3.05) is 25.4 Å². The molecule has 0 unspecified atom stereocenters. The average molecular weight is 342 g/mol. The maximum Gasteiger partial charge on any atom is 0.179 e. The van der Waals surface area contributed by atoms with Crippen molar-refractivity contribution >= 4 is 9.84 Å². The van der Waals surface area contributed by atoms with Crippen molar-refractivity contribution in [2.45, 2.75) is 46.4 Å². The topological polar surface area (TPSA) is 55.4 Å². The molecule has 1 aromatic rings. The number of ether oxygens (including phenoxy) is 1. The van der Waals surface area contributed by atoms with Crippen LogP contribution in [-0.2, 0) is 9.84 Å². The molecule has 0 saturated carbocycles. The van der Waals surface area contributed by atoms with E-state index in [0.717, 1.165) is 6.54 Å². The maximum atomic E-state index is 12.3. The van der Waals surface area contributed by atoms with Crippen molar-refractivity contribution < 1.29 is 13.2 Å². The molecule has 0 bridgehead atoms. The number of benzene rings is 1. The van der Waals surface area contributed by atoms with E-state index in [4.69, 9.17) is 4.74 Å². The number of hydrogen-bond donors (Lipinski definition) is 1. The Morgan fingerprint density at radius 1 is 0.957 bits per heavy atom. The van der Waals surface area contributed by atoms with Crippen LogP contribution in [0.4, 0.5) is 0 Å². The first-order chi connectivity index (χ1) is 10.4. The van der Waals surface area contributed by atoms with Crippen molar-refractivity contribution in [2.24, 2.45) is 10.8 Å². The molecule has 0 aromatic heterocycles. The summed E-state index contributed by atoms with van der Waals surface area (Å²) in [5.41, 5.74) is 0.222. The lowest BCUT2D eigenvalue weighted by molar-refractivity contribution is 0.198. The third-order valence-electron chi connectivity index (χ3n) is 3.06. The Hall–Kier alpha value is -1.07. The lowest BCUT2D eigenvalue weighted by Crippen LogP contribution is -2.30. The SMILES string of the molecule is CC(C)(C)CNCCS(=O)(=O)c1ccc(OCC(C)(C)C)cc1. The molecule has 0 atom stereocenters. The van der Waals surface area contributed by atoms with Crippen molar-refractivity contribution in [3.8, 4) is 5.75 Å². The summed E-state index contributed by atoms with van der Waals surface area (Å²) in [5, 5.41) is 3.20. The van der Waals surface area contributed by atoms with Crippen LogP contribution in [0.25, 0.3) is 0 Å². The molecule has 5 heteroatoms. The second-order valence-electron chi connectivity index (χ2n) is 8.38. The normalized spacial score (nSPS) is 13.1. The highest BCUT2D eigenvalue weighted by molar-refractivity contribution is 7.91. The van der Waals surface area contributed by atoms with E-state index in [1.807, 2.05) is 0 Å². The standard InChI is InChI=1S/C18H31NO3S/c1-17(2,3)13-19-11-12-23(20,21)16-9-7-15(8-10-16)22-14-18(4,5)6/h7-10,19H,11-14H2,1-6H3. The fourth-order valence-electron chi connectivity index (χ4n) is 1.83. The van der Waals surface area contributed by atoms with E-state index in [1.54, 1.807) is 24.3 Å². The van der Waals surface area contributed by atoms with Gasteiger partial charge in [-0.2, -0.15) is 0 Å². The molecule has 0 spiro atoms. The molecular weight excluding hydrogens is 310 g/mol. The van der Waals surface area contributed by atoms with E-state index in [-0.39, 0.29) is 16.6 Å². The van der Waals surface area contributed by atoms with Crippen LogP contribution in [0.1, 0.15) is 41.5 Å². The van der Waals surface area contributed by atoms with Crippen LogP contribution in [-0.4, -0.2) is 33.9 Å². The minimum atomic E-state index is -3.26. The summed E-state index contributed by atoms with van der Waals surface area (Å²) in [7, 11) is -3.26. The maximum absolute atomic E-state index is 12.3. The van der Waals surface area contributed by atoms with Gasteiger partial charge < -0.3 is 10.1 Å². The molecule has 0 radical (unpaired) electrons. The molecule has 0 saturated heterocycles. The Morgan fingerprint density at radius 2 is 1.52 bits per heavy atom. The Kier molecular flexibility index (Phi) is 6.66. The molecular formula is C18H31NO3S. The quantitative estimate of drug-likeness (QED) is 0.771. The lowest BCUT2D eigenvalue weighted by atomic mass is 9.97. The van der Waals surface area contributed by atoms with E-state index in [0.29, 0.717) is 23.8 Å². The summed E-state index contributed by atoms with van der Waals surface area (Å²) < 4.78 is 30.3. The monoisotopic (exact) mass is 341 g/mol. The van der Waals surface area contributed by atoms with E-state index in [9.17, 15) is 8.42 Å². The van der Waals surface area contributed by atoms with Crippen molar-refractivity contribution in [1.29, 1.82) is 0 Å². The van der Waals surface area contributed by atoms with E-state index < -0.39 is 9.84 Å². The van der Waals surface area contributed by atoms with Gasteiger partial charge in [0.1, 0.15) is 5.75 Å². The molecule has 0 heterocycles. The van der Waals surface area contributed by atoms with Crippen molar-refractivity contribution in [3.05, 3.63) is 24.3 Å². The molecule has 4 nitrogen and oxygen atoms in total. The predicted molar refractivity (Wildman–Crippen MR) is 95.8 cm³/mol. The van der Waals surface area contributed by atoms with Crippen LogP contribution in [0.15, 0.2) is 29.2 Å². The third-order valence-corrected chi connectivity index (χ3v) is 4.79. The van der Waals surface area contributed by atoms with Gasteiger partial charge in [0, 0.05) is 13.1 Å². The van der Waals surface area contributed by atoms with E-state index >= 15 is 0 Å². The van der Waals surface area contributed by atoms with Crippen molar-refractivity contribution in [1.82, 2.24) is 5.32 Å². The molecule has 1 aromatic carbocycles. The summed E-state index contributed by atoms with van der Waals surface area (Å²) in [6, 6.07) is 6.69. The average Bonchev–Trinajstić information content (AvgIpc) is 2.40. The van der Waals surface area contributed by atoms with Crippen LogP contribution in [0.5, 0.6) is 5.75 Å². The Balaban J connectivity index is 2.57. The number of sulfone groups is 1. The van der Waals surface area contributed by atoms with Gasteiger partial charge in [0.05, 0.1) is 17.3 Å². The highest BCUT2D eigenvalue weighted by atomic mass is 32.2. The van der Waals surface area contributed by atoms with Gasteiger partial charge in [-0.3, -0.25) is 0 Å². The van der Waals surface area contributed by atoms with Gasteiger partial charge >= 0.3 is 0 Å². The summed E-state index contributed by atoms with van der Waals surface area (Å²) in [6.07, 6.45) is 0. The molecule has 0 fully saturated rings. The molecule has 132 valence electrons. The highest BCUT2D eigenvalue weighted by Gasteiger charge is 2.16. The number of hydrogen-bond acceptors (Lipinski definition) is 4. The van der Waals surface area contributed by atoms with Gasteiger partial charge in [0.15, 0.2) is 9.84 Å². The lowest BCUT2D eigenvalue weighted by Gasteiger charge is -2.19. The minimum Gasteiger partial charge on any atom is -0.493 e. The third kappa shape index (κ3) is 8.37. The zero-order chi connectivity index (χ0) is 17.7. The van der Waals surface area contributed by atoms with Gasteiger partial charge in [-0.25, -0.2) is 8.42 Å². The van der Waals surface area contributed by atoms with Crippen LogP contribution >= 0.6 is 0 Å². The Labute approximate surface area is 141 Å². The van der Waals surface area contributed by atoms with Gasteiger partial charge in [0.2, 0.25) is 0 Å². The largest absolute Gasteiger partial charge is 0.493 e. The van der Waals surface area contributed by atoms with Gasteiger partial charge in [-0.1, -0.05) is 41.5 Å². The molecule has 0 amide bonds. The molecule has 0 aliphatic rings. The first kappa shape index (κ1) is 20.0. The predicted octanol–water partition coefficient (Wildman–Crippen LogP) is 3.52. The smallest absolute Gasteiger partial charge is 0.179 e. The summed E-state index contributed by atoms with van der Waals surface area (Å²) in [5.74, 6) is 0.801. The number of rotatable bonds is 7. The van der Waals surface area contributed by atoms with Crippen LogP contribution < -0.4 is 10.1 Å². The fourth-order valence-corrected chi connectivity index (χ4v) is 3.03. The van der Waals surface area contributed by atoms with Gasteiger partial charge in [-0.15, -0.1) is 0 Å². The zero-order valence-corrected chi connectivity index (χ0v) is 16.1. The Bertz CT molecular complexity index is 578. The minimum absolute atomic E-state index is 0.0729. The van der Waals surface area contributed by atoms with Crippen LogP contribution in [0.3, 0.4) is 0 Å². The van der Waals surface area contributed by atoms with Gasteiger partial charge in [-0.05, 0) is 35.1 Å². The molecule has 0 aliphatic heterocycles. The first-order valence-corrected chi connectivity index (χ1v) is 9.71. The van der Waals surface area contributed by atoms with E-state index in [1.165, 1.54) is 0 Å². The number of nitrogens with one attached hydrogen (secondary N) is 1. The zero-order valence-electron chi connectivity index (χ0n) is 15.3. The molecule has 1 rings (SSSR count). The first-order valence-electron chi connectivity index (χ1n) is 8.05. The fraction of sp³-hybridized carbons (Fsp3) is 0.667. The van der Waals surface area contributed by atoms with Crippen LogP contribution in [0.2, 0.25) is 0 Å².